The van der Waals surface area contributed by atoms with Crippen LogP contribution in [0.5, 0.6) is 0 Å². The number of hydrogen-bond donors (Lipinski definition) is 2. The van der Waals surface area contributed by atoms with Crippen LogP contribution in [-0.2, 0) is 38.4 Å². The van der Waals surface area contributed by atoms with Crippen LogP contribution in [0, 0.1) is 0 Å². The molecule has 0 aliphatic heterocycles. The zero-order chi connectivity index (χ0) is 15.0. The van der Waals surface area contributed by atoms with Gasteiger partial charge in [-0.15, -0.1) is 0 Å². The molecule has 108 valence electrons. The highest BCUT2D eigenvalue weighted by Gasteiger charge is 2.17. The van der Waals surface area contributed by atoms with Gasteiger partial charge in [-0.3, -0.25) is 4.55 Å². The Morgan fingerprint density at radius 3 is 1.83 bits per heavy atom. The third kappa shape index (κ3) is 14.9. The zero-order valence-corrected chi connectivity index (χ0v) is 11.0. The fraction of sp³-hybridized carbons (Fsp3) is 0.500. The van der Waals surface area contributed by atoms with Crippen LogP contribution in [0.2, 0.25) is 0 Å². The van der Waals surface area contributed by atoms with Gasteiger partial charge in [-0.2, -0.15) is 16.8 Å². The summed E-state index contributed by atoms with van der Waals surface area (Å²) in [6.45, 7) is 5.68. The van der Waals surface area contributed by atoms with Crippen molar-refractivity contribution in [2.75, 3.05) is 6.61 Å². The highest BCUT2D eigenvalue weighted by molar-refractivity contribution is 7.83. The Morgan fingerprint density at radius 1 is 1.22 bits per heavy atom. The molecule has 0 amide bonds. The Labute approximate surface area is 104 Å². The number of carbonyl (C=O) groups is 1. The molecule has 0 rings (SSSR count). The van der Waals surface area contributed by atoms with Crippen LogP contribution in [0.25, 0.3) is 0 Å². The largest absolute Gasteiger partial charge is 0.478 e. The van der Waals surface area contributed by atoms with Crippen LogP contribution in [-0.4, -0.2) is 39.1 Å². The second kappa shape index (κ2) is 8.12. The summed E-state index contributed by atoms with van der Waals surface area (Å²) in [5, 5.41) is 7.89. The van der Waals surface area contributed by atoms with E-state index in [0.29, 0.717) is 0 Å². The normalized spacial score (nSPS) is 11.3. The minimum Gasteiger partial charge on any atom is -0.478 e. The number of rotatable bonds is 6. The van der Waals surface area contributed by atoms with Gasteiger partial charge in [-0.05, 0) is 13.8 Å². The first-order chi connectivity index (χ1) is 7.91. The first-order valence-electron chi connectivity index (χ1n) is 4.04. The van der Waals surface area contributed by atoms with E-state index in [1.54, 1.807) is 0 Å². The first kappa shape index (κ1) is 19.3. The maximum absolute atomic E-state index is 10.3. The molecule has 0 aromatic heterocycles. The highest BCUT2D eigenvalue weighted by Crippen LogP contribution is 1.99. The van der Waals surface area contributed by atoms with E-state index in [9.17, 15) is 21.6 Å². The van der Waals surface area contributed by atoms with Gasteiger partial charge in [0.1, 0.15) is 0 Å². The monoisotopic (exact) mass is 308 g/mol. The lowest BCUT2D eigenvalue weighted by atomic mass is 10.4. The van der Waals surface area contributed by atoms with Crippen molar-refractivity contribution in [2.45, 2.75) is 13.8 Å². The molecular formula is C6H12O10S2. The van der Waals surface area contributed by atoms with Crippen LogP contribution in [0.15, 0.2) is 12.2 Å². The minimum absolute atomic E-state index is 0.176. The van der Waals surface area contributed by atoms with Gasteiger partial charge in [0.25, 0.3) is 0 Å². The molecule has 0 aliphatic carbocycles. The standard InChI is InChI=1S/C4H6O2.C2H6O8S2/c1-3(2)4(5)6;1-2-8-12(6,7)10-9-11(3,4)5/h1H2,2H3,(H,5,6);2H2,1H3,(H,3,4,5). The maximum Gasteiger partial charge on any atom is 0.427 e. The molecule has 0 saturated carbocycles. The summed E-state index contributed by atoms with van der Waals surface area (Å²) in [7, 11) is -9.48. The van der Waals surface area contributed by atoms with Crippen molar-refractivity contribution in [2.24, 2.45) is 0 Å². The molecular weight excluding hydrogens is 296 g/mol. The summed E-state index contributed by atoms with van der Waals surface area (Å²) >= 11 is 0. The zero-order valence-electron chi connectivity index (χ0n) is 9.39. The van der Waals surface area contributed by atoms with Crippen LogP contribution < -0.4 is 0 Å². The average Bonchev–Trinajstić information content (AvgIpc) is 2.15. The van der Waals surface area contributed by atoms with Crippen LogP contribution in [0.4, 0.5) is 0 Å². The number of aliphatic carboxylic acids is 1. The van der Waals surface area contributed by atoms with E-state index >= 15 is 0 Å². The Balaban J connectivity index is 0. The highest BCUT2D eigenvalue weighted by atomic mass is 32.3. The summed E-state index contributed by atoms with van der Waals surface area (Å²) < 4.78 is 58.2. The smallest absolute Gasteiger partial charge is 0.427 e. The van der Waals surface area contributed by atoms with E-state index < -0.39 is 26.8 Å². The van der Waals surface area contributed by atoms with E-state index in [1.165, 1.54) is 13.8 Å². The van der Waals surface area contributed by atoms with E-state index in [2.05, 4.69) is 19.4 Å². The predicted molar refractivity (Wildman–Crippen MR) is 56.7 cm³/mol. The quantitative estimate of drug-likeness (QED) is 0.288. The second-order valence-electron chi connectivity index (χ2n) is 2.46. The lowest BCUT2D eigenvalue weighted by Gasteiger charge is -1.99. The molecule has 0 radical (unpaired) electrons. The number of carboxylic acids is 1. The fourth-order valence-corrected chi connectivity index (χ4v) is 1.11. The maximum atomic E-state index is 10.3. The van der Waals surface area contributed by atoms with Gasteiger partial charge < -0.3 is 5.11 Å². The minimum atomic E-state index is -4.96. The molecule has 0 atom stereocenters. The van der Waals surface area contributed by atoms with Gasteiger partial charge in [-0.25, -0.2) is 8.98 Å². The van der Waals surface area contributed by atoms with Crippen molar-refractivity contribution in [3.8, 4) is 0 Å². The Hall–Kier alpha value is -1.05. The van der Waals surface area contributed by atoms with Crippen molar-refractivity contribution in [3.05, 3.63) is 12.2 Å². The molecule has 0 bridgehead atoms. The third-order valence-electron chi connectivity index (χ3n) is 0.824. The van der Waals surface area contributed by atoms with Crippen LogP contribution in [0.1, 0.15) is 13.8 Å². The lowest BCUT2D eigenvalue weighted by Crippen LogP contribution is -2.13. The molecule has 0 saturated heterocycles. The third-order valence-corrected chi connectivity index (χ3v) is 1.91. The number of carboxylic acid groups (broad SMARTS) is 1. The number of hydrogen-bond acceptors (Lipinski definition) is 8. The van der Waals surface area contributed by atoms with E-state index in [0.717, 1.165) is 0 Å². The lowest BCUT2D eigenvalue weighted by molar-refractivity contribution is -0.132. The molecule has 0 spiro atoms. The molecule has 0 fully saturated rings. The summed E-state index contributed by atoms with van der Waals surface area (Å²) in [5.41, 5.74) is 0.176. The molecule has 0 aromatic rings. The molecule has 10 nitrogen and oxygen atoms in total. The molecule has 0 unspecified atom stereocenters. The molecule has 0 heterocycles. The summed E-state index contributed by atoms with van der Waals surface area (Å²) in [6, 6.07) is 0. The van der Waals surface area contributed by atoms with Gasteiger partial charge in [-0.1, -0.05) is 15.2 Å². The van der Waals surface area contributed by atoms with Crippen molar-refractivity contribution in [3.63, 3.8) is 0 Å². The van der Waals surface area contributed by atoms with Crippen molar-refractivity contribution >= 4 is 26.8 Å². The predicted octanol–water partition coefficient (Wildman–Crippen LogP) is -0.334. The van der Waals surface area contributed by atoms with E-state index in [1.807, 2.05) is 0 Å². The Morgan fingerprint density at radius 2 is 1.61 bits per heavy atom. The van der Waals surface area contributed by atoms with Gasteiger partial charge in [0.2, 0.25) is 0 Å². The van der Waals surface area contributed by atoms with Crippen LogP contribution >= 0.6 is 0 Å². The fourth-order valence-electron chi connectivity index (χ4n) is 0.233. The van der Waals surface area contributed by atoms with E-state index in [-0.39, 0.29) is 12.2 Å². The van der Waals surface area contributed by atoms with Crippen LogP contribution in [0.3, 0.4) is 0 Å². The van der Waals surface area contributed by atoms with E-state index in [4.69, 9.17) is 9.66 Å². The van der Waals surface area contributed by atoms with Gasteiger partial charge >= 0.3 is 26.8 Å². The molecule has 0 aromatic carbocycles. The Kier molecular flexibility index (Phi) is 8.71. The molecule has 12 heteroatoms. The Bertz CT molecular complexity index is 460. The SMILES string of the molecule is C=C(C)C(=O)O.CCOS(=O)(=O)OOS(=O)(=O)O. The van der Waals surface area contributed by atoms with Gasteiger partial charge in [0, 0.05) is 5.57 Å². The summed E-state index contributed by atoms with van der Waals surface area (Å²) in [5.74, 6) is -0.935. The van der Waals surface area contributed by atoms with Crippen molar-refractivity contribution < 1.29 is 44.1 Å². The topological polar surface area (TPSA) is 154 Å². The first-order valence-corrected chi connectivity index (χ1v) is 6.74. The average molecular weight is 308 g/mol. The second-order valence-corrected chi connectivity index (χ2v) is 4.64. The molecule has 18 heavy (non-hydrogen) atoms. The summed E-state index contributed by atoms with van der Waals surface area (Å²) in [6.07, 6.45) is 0. The van der Waals surface area contributed by atoms with Gasteiger partial charge in [0.15, 0.2) is 0 Å². The van der Waals surface area contributed by atoms with Crippen molar-refractivity contribution in [1.82, 2.24) is 0 Å². The molecule has 0 aliphatic rings. The summed E-state index contributed by atoms with van der Waals surface area (Å²) in [4.78, 5) is 9.60. The molecule has 2 N–H and O–H groups in total. The van der Waals surface area contributed by atoms with Gasteiger partial charge in [0.05, 0.1) is 6.61 Å². The van der Waals surface area contributed by atoms with Crippen molar-refractivity contribution in [1.29, 1.82) is 0 Å².